The van der Waals surface area contributed by atoms with Gasteiger partial charge in [-0.3, -0.25) is 0 Å². The van der Waals surface area contributed by atoms with Gasteiger partial charge in [0.25, 0.3) is 0 Å². The lowest BCUT2D eigenvalue weighted by Gasteiger charge is -2.33. The van der Waals surface area contributed by atoms with Crippen LogP contribution in [0, 0.1) is 17.2 Å². The molecule has 1 saturated heterocycles. The molecular weight excluding hydrogens is 305 g/mol. The molecule has 1 aliphatic rings. The molecule has 8 heteroatoms. The number of sulfonamides is 1. The lowest BCUT2D eigenvalue weighted by molar-refractivity contribution is -0.182. The Morgan fingerprint density at radius 1 is 1.29 bits per heavy atom. The summed E-state index contributed by atoms with van der Waals surface area (Å²) in [6.07, 6.45) is -4.34. The lowest BCUT2D eigenvalue weighted by atomic mass is 9.99. The number of rotatable bonds is 2. The highest BCUT2D eigenvalue weighted by Gasteiger charge is 2.44. The SMILES string of the molecule is N#Cc1ccccc1S(=O)(=O)N1CCC[C@@H](C(F)(F)F)C1. The first-order valence-corrected chi connectivity index (χ1v) is 7.77. The van der Waals surface area contributed by atoms with Crippen LogP contribution in [0.5, 0.6) is 0 Å². The first-order chi connectivity index (χ1) is 9.76. The van der Waals surface area contributed by atoms with E-state index < -0.39 is 28.7 Å². The van der Waals surface area contributed by atoms with E-state index in [-0.39, 0.29) is 29.8 Å². The summed E-state index contributed by atoms with van der Waals surface area (Å²) >= 11 is 0. The van der Waals surface area contributed by atoms with Crippen LogP contribution in [0.3, 0.4) is 0 Å². The number of nitriles is 1. The van der Waals surface area contributed by atoms with Crippen molar-refractivity contribution in [1.29, 1.82) is 5.26 Å². The average Bonchev–Trinajstić information content (AvgIpc) is 2.46. The van der Waals surface area contributed by atoms with E-state index in [9.17, 15) is 21.6 Å². The number of nitrogens with zero attached hydrogens (tertiary/aromatic N) is 2. The van der Waals surface area contributed by atoms with Gasteiger partial charge in [-0.15, -0.1) is 0 Å². The second-order valence-electron chi connectivity index (χ2n) is 4.85. The van der Waals surface area contributed by atoms with Crippen LogP contribution in [0.25, 0.3) is 0 Å². The summed E-state index contributed by atoms with van der Waals surface area (Å²) in [6.45, 7) is -0.555. The van der Waals surface area contributed by atoms with Gasteiger partial charge in [0, 0.05) is 13.1 Å². The van der Waals surface area contributed by atoms with Gasteiger partial charge in [0.2, 0.25) is 10.0 Å². The summed E-state index contributed by atoms with van der Waals surface area (Å²) in [4.78, 5) is -0.240. The monoisotopic (exact) mass is 318 g/mol. The fourth-order valence-corrected chi connectivity index (χ4v) is 4.02. The van der Waals surface area contributed by atoms with Gasteiger partial charge >= 0.3 is 6.18 Å². The first kappa shape index (κ1) is 15.8. The topological polar surface area (TPSA) is 61.2 Å². The van der Waals surface area contributed by atoms with Gasteiger partial charge in [0.15, 0.2) is 0 Å². The van der Waals surface area contributed by atoms with Crippen molar-refractivity contribution in [2.24, 2.45) is 5.92 Å². The van der Waals surface area contributed by atoms with Gasteiger partial charge in [0.1, 0.15) is 6.07 Å². The van der Waals surface area contributed by atoms with Crippen molar-refractivity contribution in [2.75, 3.05) is 13.1 Å². The van der Waals surface area contributed by atoms with E-state index >= 15 is 0 Å². The third-order valence-electron chi connectivity index (χ3n) is 3.47. The van der Waals surface area contributed by atoms with E-state index in [0.717, 1.165) is 4.31 Å². The molecule has 0 unspecified atom stereocenters. The third-order valence-corrected chi connectivity index (χ3v) is 5.40. The van der Waals surface area contributed by atoms with Crippen molar-refractivity contribution < 1.29 is 21.6 Å². The van der Waals surface area contributed by atoms with Gasteiger partial charge in [0.05, 0.1) is 16.4 Å². The largest absolute Gasteiger partial charge is 0.393 e. The molecule has 0 saturated carbocycles. The van der Waals surface area contributed by atoms with E-state index in [1.165, 1.54) is 24.3 Å². The predicted octanol–water partition coefficient (Wildman–Crippen LogP) is 2.52. The fraction of sp³-hybridized carbons (Fsp3) is 0.462. The summed E-state index contributed by atoms with van der Waals surface area (Å²) < 4.78 is 64.0. The molecule has 0 amide bonds. The maximum atomic E-state index is 12.8. The molecule has 0 radical (unpaired) electrons. The van der Waals surface area contributed by atoms with Crippen LogP contribution in [0.4, 0.5) is 13.2 Å². The summed E-state index contributed by atoms with van der Waals surface area (Å²) in [5, 5.41) is 8.95. The molecule has 0 spiro atoms. The van der Waals surface area contributed by atoms with Gasteiger partial charge in [-0.25, -0.2) is 8.42 Å². The zero-order valence-electron chi connectivity index (χ0n) is 11.0. The highest BCUT2D eigenvalue weighted by molar-refractivity contribution is 7.89. The van der Waals surface area contributed by atoms with Crippen molar-refractivity contribution in [2.45, 2.75) is 23.9 Å². The summed E-state index contributed by atoms with van der Waals surface area (Å²) in [5.41, 5.74) is -0.0633. The average molecular weight is 318 g/mol. The Kier molecular flexibility index (Phi) is 4.25. The van der Waals surface area contributed by atoms with E-state index in [4.69, 9.17) is 5.26 Å². The Bertz CT molecular complexity index is 665. The van der Waals surface area contributed by atoms with E-state index in [1.54, 1.807) is 6.07 Å². The number of piperidine rings is 1. The Morgan fingerprint density at radius 2 is 1.95 bits per heavy atom. The van der Waals surface area contributed by atoms with Crippen LogP contribution in [0.2, 0.25) is 0 Å². The van der Waals surface area contributed by atoms with Crippen LogP contribution < -0.4 is 0 Å². The Morgan fingerprint density at radius 3 is 2.57 bits per heavy atom. The highest BCUT2D eigenvalue weighted by Crippen LogP contribution is 2.35. The predicted molar refractivity (Wildman–Crippen MR) is 68.7 cm³/mol. The molecule has 1 aromatic rings. The van der Waals surface area contributed by atoms with Crippen molar-refractivity contribution >= 4 is 10.0 Å². The van der Waals surface area contributed by atoms with Gasteiger partial charge in [-0.05, 0) is 25.0 Å². The van der Waals surface area contributed by atoms with Gasteiger partial charge < -0.3 is 0 Å². The number of alkyl halides is 3. The molecule has 1 aromatic carbocycles. The summed E-state index contributed by atoms with van der Waals surface area (Å²) in [6, 6.07) is 7.28. The van der Waals surface area contributed by atoms with Crippen LogP contribution in [-0.2, 0) is 10.0 Å². The number of hydrogen-bond donors (Lipinski definition) is 0. The van der Waals surface area contributed by atoms with Crippen LogP contribution in [0.15, 0.2) is 29.2 Å². The zero-order valence-corrected chi connectivity index (χ0v) is 11.8. The van der Waals surface area contributed by atoms with Crippen LogP contribution >= 0.6 is 0 Å². The molecule has 0 aromatic heterocycles. The van der Waals surface area contributed by atoms with E-state index in [0.29, 0.717) is 0 Å². The molecule has 0 N–H and O–H groups in total. The molecule has 1 heterocycles. The van der Waals surface area contributed by atoms with E-state index in [1.807, 2.05) is 0 Å². The number of hydrogen-bond acceptors (Lipinski definition) is 3. The minimum Gasteiger partial charge on any atom is -0.207 e. The molecule has 0 bridgehead atoms. The summed E-state index contributed by atoms with van der Waals surface area (Å²) in [5.74, 6) is -1.66. The van der Waals surface area contributed by atoms with Gasteiger partial charge in [-0.1, -0.05) is 12.1 Å². The van der Waals surface area contributed by atoms with E-state index in [2.05, 4.69) is 0 Å². The minimum absolute atomic E-state index is 0.0364. The Hall–Kier alpha value is -1.59. The molecule has 21 heavy (non-hydrogen) atoms. The van der Waals surface area contributed by atoms with Crippen LogP contribution in [-0.4, -0.2) is 32.0 Å². The van der Waals surface area contributed by atoms with Crippen molar-refractivity contribution in [3.63, 3.8) is 0 Å². The molecule has 2 rings (SSSR count). The standard InChI is InChI=1S/C13H13F3N2O2S/c14-13(15,16)11-5-3-7-18(9-11)21(19,20)12-6-2-1-4-10(12)8-17/h1-2,4,6,11H,3,5,7,9H2/t11-/m1/s1. The molecule has 0 aliphatic carbocycles. The smallest absolute Gasteiger partial charge is 0.207 e. The maximum Gasteiger partial charge on any atom is 0.393 e. The molecule has 114 valence electrons. The van der Waals surface area contributed by atoms with Crippen molar-refractivity contribution in [3.8, 4) is 6.07 Å². The molecule has 1 atom stereocenters. The second kappa shape index (κ2) is 5.66. The minimum atomic E-state index is -4.41. The maximum absolute atomic E-state index is 12.8. The Balaban J connectivity index is 2.34. The highest BCUT2D eigenvalue weighted by atomic mass is 32.2. The second-order valence-corrected chi connectivity index (χ2v) is 6.76. The molecule has 4 nitrogen and oxygen atoms in total. The van der Waals surface area contributed by atoms with Crippen molar-refractivity contribution in [1.82, 2.24) is 4.31 Å². The van der Waals surface area contributed by atoms with Crippen molar-refractivity contribution in [3.05, 3.63) is 29.8 Å². The molecule has 1 fully saturated rings. The zero-order chi connectivity index (χ0) is 15.7. The quantitative estimate of drug-likeness (QED) is 0.842. The lowest BCUT2D eigenvalue weighted by Crippen LogP contribution is -2.44. The molecular formula is C13H13F3N2O2S. The third kappa shape index (κ3) is 3.19. The van der Waals surface area contributed by atoms with Crippen LogP contribution in [0.1, 0.15) is 18.4 Å². The summed E-state index contributed by atoms with van der Waals surface area (Å²) in [7, 11) is -4.09. The molecule has 1 aliphatic heterocycles. The van der Waals surface area contributed by atoms with Gasteiger partial charge in [-0.2, -0.15) is 22.7 Å². The fourth-order valence-electron chi connectivity index (χ4n) is 2.35. The first-order valence-electron chi connectivity index (χ1n) is 6.33. The number of benzene rings is 1. The Labute approximate surface area is 120 Å². The number of halogens is 3. The normalized spacial score (nSPS) is 21.0.